The van der Waals surface area contributed by atoms with Crippen LogP contribution < -0.4 is 10.5 Å². The molecule has 0 spiro atoms. The fourth-order valence-electron chi connectivity index (χ4n) is 1.21. The summed E-state index contributed by atoms with van der Waals surface area (Å²) in [6.45, 7) is 4.81. The third kappa shape index (κ3) is 6.26. The number of hydrogen-bond acceptors (Lipinski definition) is 3. The quantitative estimate of drug-likeness (QED) is 0.800. The molecule has 0 radical (unpaired) electrons. The highest BCUT2D eigenvalue weighted by atomic mass is 35.5. The predicted molar refractivity (Wildman–Crippen MR) is 74.7 cm³/mol. The highest BCUT2D eigenvalue weighted by molar-refractivity contribution is 7.98. The zero-order valence-electron chi connectivity index (χ0n) is 9.81. The molecule has 2 nitrogen and oxygen atoms in total. The van der Waals surface area contributed by atoms with Crippen LogP contribution >= 0.6 is 24.2 Å². The van der Waals surface area contributed by atoms with Crippen LogP contribution in [0, 0.1) is 0 Å². The molecule has 0 saturated heterocycles. The van der Waals surface area contributed by atoms with Crippen molar-refractivity contribution in [2.75, 3.05) is 12.3 Å². The largest absolute Gasteiger partial charge is 0.491 e. The van der Waals surface area contributed by atoms with Gasteiger partial charge in [0.1, 0.15) is 5.75 Å². The van der Waals surface area contributed by atoms with E-state index in [-0.39, 0.29) is 18.5 Å². The molecular weight excluding hydrogens is 242 g/mol. The lowest BCUT2D eigenvalue weighted by Crippen LogP contribution is -2.05. The van der Waals surface area contributed by atoms with Crippen molar-refractivity contribution < 1.29 is 4.74 Å². The molecule has 0 unspecified atom stereocenters. The molecule has 0 saturated carbocycles. The van der Waals surface area contributed by atoms with Gasteiger partial charge in [0.25, 0.3) is 0 Å². The van der Waals surface area contributed by atoms with Gasteiger partial charge in [0.05, 0.1) is 6.10 Å². The fourth-order valence-corrected chi connectivity index (χ4v) is 1.95. The molecule has 0 aromatic heterocycles. The van der Waals surface area contributed by atoms with Crippen molar-refractivity contribution in [2.45, 2.75) is 25.7 Å². The molecule has 0 amide bonds. The number of halogens is 1. The zero-order valence-corrected chi connectivity index (χ0v) is 11.4. The normalized spacial score (nSPS) is 10.0. The molecule has 0 fully saturated rings. The van der Waals surface area contributed by atoms with Crippen molar-refractivity contribution in [3.05, 3.63) is 29.8 Å². The van der Waals surface area contributed by atoms with E-state index in [1.165, 1.54) is 5.56 Å². The molecule has 2 N–H and O–H groups in total. The minimum Gasteiger partial charge on any atom is -0.491 e. The number of hydrogen-bond donors (Lipinski definition) is 1. The summed E-state index contributed by atoms with van der Waals surface area (Å²) in [4.78, 5) is 0. The number of rotatable bonds is 6. The fraction of sp³-hybridized carbons (Fsp3) is 0.500. The van der Waals surface area contributed by atoms with Gasteiger partial charge in [-0.25, -0.2) is 0 Å². The molecule has 0 heterocycles. The maximum absolute atomic E-state index is 5.57. The summed E-state index contributed by atoms with van der Waals surface area (Å²) in [5, 5.41) is 0. The van der Waals surface area contributed by atoms with Gasteiger partial charge < -0.3 is 10.5 Å². The molecular formula is C12H20ClNOS. The Labute approximate surface area is 108 Å². The van der Waals surface area contributed by atoms with Crippen LogP contribution in [0.15, 0.2) is 24.3 Å². The molecule has 1 aromatic rings. The molecule has 0 aliphatic carbocycles. The van der Waals surface area contributed by atoms with E-state index in [4.69, 9.17) is 10.5 Å². The molecule has 92 valence electrons. The molecule has 0 atom stereocenters. The van der Waals surface area contributed by atoms with Crippen molar-refractivity contribution in [1.82, 2.24) is 0 Å². The van der Waals surface area contributed by atoms with Gasteiger partial charge in [0.2, 0.25) is 0 Å². The number of nitrogens with two attached hydrogens (primary N) is 1. The van der Waals surface area contributed by atoms with Gasteiger partial charge in [-0.2, -0.15) is 11.8 Å². The van der Waals surface area contributed by atoms with Crippen LogP contribution in [0.3, 0.4) is 0 Å². The Bertz CT molecular complexity index is 277. The number of thioether (sulfide) groups is 1. The second-order valence-electron chi connectivity index (χ2n) is 3.65. The van der Waals surface area contributed by atoms with Crippen LogP contribution in [-0.2, 0) is 5.75 Å². The highest BCUT2D eigenvalue weighted by Crippen LogP contribution is 2.17. The van der Waals surface area contributed by atoms with Crippen molar-refractivity contribution in [1.29, 1.82) is 0 Å². The molecule has 0 aliphatic rings. The van der Waals surface area contributed by atoms with Gasteiger partial charge in [-0.05, 0) is 31.5 Å². The molecule has 16 heavy (non-hydrogen) atoms. The molecule has 0 bridgehead atoms. The first-order valence-electron chi connectivity index (χ1n) is 5.26. The number of ether oxygens (including phenoxy) is 1. The highest BCUT2D eigenvalue weighted by Gasteiger charge is 1.98. The van der Waals surface area contributed by atoms with Crippen molar-refractivity contribution in [3.63, 3.8) is 0 Å². The van der Waals surface area contributed by atoms with E-state index in [2.05, 4.69) is 12.1 Å². The third-order valence-electron chi connectivity index (χ3n) is 1.83. The van der Waals surface area contributed by atoms with E-state index in [1.807, 2.05) is 37.7 Å². The summed E-state index contributed by atoms with van der Waals surface area (Å²) in [5.41, 5.74) is 6.75. The SMILES string of the molecule is CC(C)Oc1ccc(CSCCN)cc1.Cl. The van der Waals surface area contributed by atoms with Gasteiger partial charge in [-0.1, -0.05) is 12.1 Å². The predicted octanol–water partition coefficient (Wildman–Crippen LogP) is 3.09. The Kier molecular flexibility index (Phi) is 8.53. The van der Waals surface area contributed by atoms with Gasteiger partial charge in [-0.15, -0.1) is 12.4 Å². The standard InChI is InChI=1S/C12H19NOS.ClH/c1-10(2)14-12-5-3-11(4-6-12)9-15-8-7-13;/h3-6,10H,7-9,13H2,1-2H3;1H. The molecule has 1 aromatic carbocycles. The van der Waals surface area contributed by atoms with Crippen molar-refractivity contribution in [3.8, 4) is 5.75 Å². The van der Waals surface area contributed by atoms with E-state index < -0.39 is 0 Å². The monoisotopic (exact) mass is 261 g/mol. The first-order valence-corrected chi connectivity index (χ1v) is 6.41. The Morgan fingerprint density at radius 2 is 1.88 bits per heavy atom. The number of benzene rings is 1. The maximum atomic E-state index is 5.57. The van der Waals surface area contributed by atoms with Gasteiger partial charge in [-0.3, -0.25) is 0 Å². The Morgan fingerprint density at radius 3 is 2.38 bits per heavy atom. The van der Waals surface area contributed by atoms with Crippen molar-refractivity contribution >= 4 is 24.2 Å². The first kappa shape index (κ1) is 15.6. The average molecular weight is 262 g/mol. The summed E-state index contributed by atoms with van der Waals surface area (Å²) in [5.74, 6) is 2.99. The molecule has 0 aliphatic heterocycles. The second kappa shape index (κ2) is 8.74. The van der Waals surface area contributed by atoms with Crippen LogP contribution in [0.25, 0.3) is 0 Å². The van der Waals surface area contributed by atoms with E-state index in [1.54, 1.807) is 0 Å². The van der Waals surface area contributed by atoms with Crippen LogP contribution in [-0.4, -0.2) is 18.4 Å². The van der Waals surface area contributed by atoms with Crippen LogP contribution in [0.1, 0.15) is 19.4 Å². The maximum Gasteiger partial charge on any atom is 0.119 e. The summed E-state index contributed by atoms with van der Waals surface area (Å²) < 4.78 is 5.57. The summed E-state index contributed by atoms with van der Waals surface area (Å²) in [7, 11) is 0. The lowest BCUT2D eigenvalue weighted by molar-refractivity contribution is 0.242. The van der Waals surface area contributed by atoms with Crippen molar-refractivity contribution in [2.24, 2.45) is 5.73 Å². The Hall–Kier alpha value is -0.380. The molecule has 4 heteroatoms. The Morgan fingerprint density at radius 1 is 1.25 bits per heavy atom. The van der Waals surface area contributed by atoms with Crippen LogP contribution in [0.4, 0.5) is 0 Å². The first-order chi connectivity index (χ1) is 7.22. The lowest BCUT2D eigenvalue weighted by Gasteiger charge is -2.09. The summed E-state index contributed by atoms with van der Waals surface area (Å²) >= 11 is 1.86. The zero-order chi connectivity index (χ0) is 11.1. The lowest BCUT2D eigenvalue weighted by atomic mass is 10.2. The minimum absolute atomic E-state index is 0. The molecule has 1 rings (SSSR count). The smallest absolute Gasteiger partial charge is 0.119 e. The third-order valence-corrected chi connectivity index (χ3v) is 2.89. The topological polar surface area (TPSA) is 35.2 Å². The van der Waals surface area contributed by atoms with Gasteiger partial charge in [0, 0.05) is 18.1 Å². The second-order valence-corrected chi connectivity index (χ2v) is 4.76. The van der Waals surface area contributed by atoms with E-state index >= 15 is 0 Å². The summed E-state index contributed by atoms with van der Waals surface area (Å²) in [6, 6.07) is 8.28. The van der Waals surface area contributed by atoms with Gasteiger partial charge in [0.15, 0.2) is 0 Å². The van der Waals surface area contributed by atoms with E-state index in [9.17, 15) is 0 Å². The van der Waals surface area contributed by atoms with Crippen LogP contribution in [0.2, 0.25) is 0 Å². The Balaban J connectivity index is 0.00000225. The summed E-state index contributed by atoms with van der Waals surface area (Å²) in [6.07, 6.45) is 0.238. The average Bonchev–Trinajstić information content (AvgIpc) is 2.20. The van der Waals surface area contributed by atoms with Gasteiger partial charge >= 0.3 is 0 Å². The van der Waals surface area contributed by atoms with Crippen LogP contribution in [0.5, 0.6) is 5.75 Å². The minimum atomic E-state index is 0. The van der Waals surface area contributed by atoms with E-state index in [0.717, 1.165) is 23.8 Å². The van der Waals surface area contributed by atoms with E-state index in [0.29, 0.717) is 0 Å².